The molecule has 0 radical (unpaired) electrons. The molecule has 2 rings (SSSR count). The van der Waals surface area contributed by atoms with Gasteiger partial charge in [0, 0.05) is 23.5 Å². The minimum absolute atomic E-state index is 0.0712. The summed E-state index contributed by atoms with van der Waals surface area (Å²) in [7, 11) is 0. The number of esters is 1. The molecular formula is C17H12F3N3O6. The van der Waals surface area contributed by atoms with Crippen molar-refractivity contribution in [2.45, 2.75) is 6.18 Å². The van der Waals surface area contributed by atoms with E-state index in [1.807, 2.05) is 0 Å². The van der Waals surface area contributed by atoms with Crippen molar-refractivity contribution in [3.05, 3.63) is 64.2 Å². The fraction of sp³-hybridized carbons (Fsp3) is 0.118. The molecule has 0 saturated heterocycles. The number of rotatable bonds is 6. The van der Waals surface area contributed by atoms with Gasteiger partial charge in [-0.3, -0.25) is 19.7 Å². The van der Waals surface area contributed by atoms with Gasteiger partial charge in [-0.05, 0) is 30.3 Å². The Morgan fingerprint density at radius 3 is 2.24 bits per heavy atom. The Labute approximate surface area is 160 Å². The van der Waals surface area contributed by atoms with Crippen LogP contribution in [-0.2, 0) is 14.3 Å². The van der Waals surface area contributed by atoms with E-state index < -0.39 is 35.5 Å². The molecule has 9 nitrogen and oxygen atoms in total. The van der Waals surface area contributed by atoms with Crippen molar-refractivity contribution in [3.63, 3.8) is 0 Å². The van der Waals surface area contributed by atoms with E-state index in [-0.39, 0.29) is 22.6 Å². The quantitative estimate of drug-likeness (QED) is 0.427. The monoisotopic (exact) mass is 411 g/mol. The van der Waals surface area contributed by atoms with Crippen LogP contribution in [0.1, 0.15) is 10.4 Å². The molecular weight excluding hydrogens is 399 g/mol. The van der Waals surface area contributed by atoms with Crippen LogP contribution >= 0.6 is 0 Å². The minimum Gasteiger partial charge on any atom is -0.452 e. The first-order valence-corrected chi connectivity index (χ1v) is 7.76. The van der Waals surface area contributed by atoms with E-state index in [1.54, 1.807) is 5.32 Å². The van der Waals surface area contributed by atoms with Crippen molar-refractivity contribution in [2.24, 2.45) is 0 Å². The van der Waals surface area contributed by atoms with Crippen LogP contribution in [0.3, 0.4) is 0 Å². The summed E-state index contributed by atoms with van der Waals surface area (Å²) in [6.45, 7) is -0.700. The predicted octanol–water partition coefficient (Wildman–Crippen LogP) is 2.89. The zero-order valence-electron chi connectivity index (χ0n) is 14.4. The van der Waals surface area contributed by atoms with Crippen LogP contribution in [0.4, 0.5) is 30.2 Å². The second kappa shape index (κ2) is 8.82. The van der Waals surface area contributed by atoms with Gasteiger partial charge in [-0.25, -0.2) is 4.79 Å². The number of benzene rings is 2. The minimum atomic E-state index is -5.05. The predicted molar refractivity (Wildman–Crippen MR) is 93.1 cm³/mol. The van der Waals surface area contributed by atoms with Gasteiger partial charge in [0.1, 0.15) is 0 Å². The topological polar surface area (TPSA) is 128 Å². The summed E-state index contributed by atoms with van der Waals surface area (Å²) in [6, 6.07) is 9.44. The SMILES string of the molecule is O=C(COC(=O)c1ccc(NC(=O)C(F)(F)F)cc1)Nc1cccc([N+](=O)[O-])c1. The number of hydrogen-bond donors (Lipinski definition) is 2. The molecule has 0 spiro atoms. The number of carbonyl (C=O) groups is 3. The Bertz CT molecular complexity index is 944. The van der Waals surface area contributed by atoms with Gasteiger partial charge >= 0.3 is 18.1 Å². The van der Waals surface area contributed by atoms with E-state index in [0.717, 1.165) is 30.3 Å². The van der Waals surface area contributed by atoms with Crippen molar-refractivity contribution >= 4 is 34.8 Å². The van der Waals surface area contributed by atoms with Gasteiger partial charge < -0.3 is 15.4 Å². The highest BCUT2D eigenvalue weighted by molar-refractivity contribution is 5.97. The van der Waals surface area contributed by atoms with E-state index >= 15 is 0 Å². The lowest BCUT2D eigenvalue weighted by molar-refractivity contribution is -0.384. The Balaban J connectivity index is 1.88. The maximum atomic E-state index is 12.2. The number of alkyl halides is 3. The molecule has 2 aromatic carbocycles. The highest BCUT2D eigenvalue weighted by atomic mass is 19.4. The lowest BCUT2D eigenvalue weighted by Gasteiger charge is -2.09. The van der Waals surface area contributed by atoms with Gasteiger partial charge in [-0.2, -0.15) is 13.2 Å². The number of nitrogens with zero attached hydrogens (tertiary/aromatic N) is 1. The van der Waals surface area contributed by atoms with E-state index in [1.165, 1.54) is 18.2 Å². The van der Waals surface area contributed by atoms with Gasteiger partial charge in [0.2, 0.25) is 0 Å². The van der Waals surface area contributed by atoms with Crippen LogP contribution in [0.2, 0.25) is 0 Å². The first-order valence-electron chi connectivity index (χ1n) is 7.76. The summed E-state index contributed by atoms with van der Waals surface area (Å²) in [5.41, 5.74) is -0.368. The molecule has 2 amide bonds. The second-order valence-electron chi connectivity index (χ2n) is 5.46. The number of amides is 2. The first kappa shape index (κ1) is 21.3. The maximum Gasteiger partial charge on any atom is 0.471 e. The molecule has 29 heavy (non-hydrogen) atoms. The van der Waals surface area contributed by atoms with Gasteiger partial charge in [-0.1, -0.05) is 6.07 Å². The van der Waals surface area contributed by atoms with E-state index in [4.69, 9.17) is 4.74 Å². The Morgan fingerprint density at radius 2 is 1.66 bits per heavy atom. The molecule has 0 aliphatic rings. The Morgan fingerprint density at radius 1 is 1.00 bits per heavy atom. The van der Waals surface area contributed by atoms with Crippen molar-refractivity contribution in [2.75, 3.05) is 17.2 Å². The third kappa shape index (κ3) is 6.30. The zero-order valence-corrected chi connectivity index (χ0v) is 14.4. The van der Waals surface area contributed by atoms with E-state index in [0.29, 0.717) is 0 Å². The molecule has 0 bridgehead atoms. The summed E-state index contributed by atoms with van der Waals surface area (Å²) < 4.78 is 41.3. The molecule has 0 aliphatic heterocycles. The third-order valence-corrected chi connectivity index (χ3v) is 3.31. The number of halogens is 3. The molecule has 0 unspecified atom stereocenters. The largest absolute Gasteiger partial charge is 0.471 e. The van der Waals surface area contributed by atoms with Crippen molar-refractivity contribution < 1.29 is 37.2 Å². The number of nitro groups is 1. The number of carbonyl (C=O) groups excluding carboxylic acids is 3. The number of non-ortho nitro benzene ring substituents is 1. The van der Waals surface area contributed by atoms with E-state index in [2.05, 4.69) is 5.32 Å². The summed E-state index contributed by atoms with van der Waals surface area (Å²) >= 11 is 0. The second-order valence-corrected chi connectivity index (χ2v) is 5.46. The molecule has 0 aromatic heterocycles. The highest BCUT2D eigenvalue weighted by Crippen LogP contribution is 2.19. The molecule has 0 atom stereocenters. The molecule has 0 aliphatic carbocycles. The van der Waals surface area contributed by atoms with Gasteiger partial charge in [0.25, 0.3) is 11.6 Å². The number of hydrogen-bond acceptors (Lipinski definition) is 6. The van der Waals surface area contributed by atoms with Gasteiger partial charge in [-0.15, -0.1) is 0 Å². The van der Waals surface area contributed by atoms with Crippen molar-refractivity contribution in [1.29, 1.82) is 0 Å². The van der Waals surface area contributed by atoms with Gasteiger partial charge in [0.15, 0.2) is 6.61 Å². The summed E-state index contributed by atoms with van der Waals surface area (Å²) in [5, 5.41) is 14.6. The van der Waals surface area contributed by atoms with Crippen molar-refractivity contribution in [3.8, 4) is 0 Å². The standard InChI is InChI=1S/C17H12F3N3O6/c18-17(19,20)16(26)22-11-6-4-10(5-7-11)15(25)29-9-14(24)21-12-2-1-3-13(8-12)23(27)28/h1-8H,9H2,(H,21,24)(H,22,26). The van der Waals surface area contributed by atoms with Crippen LogP contribution in [0.5, 0.6) is 0 Å². The zero-order chi connectivity index (χ0) is 21.6. The smallest absolute Gasteiger partial charge is 0.452 e. The number of nitrogens with one attached hydrogen (secondary N) is 2. The third-order valence-electron chi connectivity index (χ3n) is 3.31. The number of nitro benzene ring substituents is 1. The lowest BCUT2D eigenvalue weighted by Crippen LogP contribution is -2.29. The first-order chi connectivity index (χ1) is 13.6. The van der Waals surface area contributed by atoms with Crippen LogP contribution in [-0.4, -0.2) is 35.5 Å². The molecule has 0 heterocycles. The number of ether oxygens (including phenoxy) is 1. The summed E-state index contributed by atoms with van der Waals surface area (Å²) in [5.74, 6) is -3.86. The van der Waals surface area contributed by atoms with Crippen LogP contribution in [0.15, 0.2) is 48.5 Å². The highest BCUT2D eigenvalue weighted by Gasteiger charge is 2.38. The Hall–Kier alpha value is -3.96. The normalized spacial score (nSPS) is 10.7. The van der Waals surface area contributed by atoms with Crippen molar-refractivity contribution in [1.82, 2.24) is 0 Å². The molecule has 0 saturated carbocycles. The lowest BCUT2D eigenvalue weighted by atomic mass is 10.2. The van der Waals surface area contributed by atoms with E-state index in [9.17, 15) is 37.7 Å². The molecule has 2 N–H and O–H groups in total. The fourth-order valence-electron chi connectivity index (χ4n) is 2.00. The average molecular weight is 411 g/mol. The van der Waals surface area contributed by atoms with Crippen LogP contribution in [0, 0.1) is 10.1 Å². The van der Waals surface area contributed by atoms with Crippen LogP contribution in [0.25, 0.3) is 0 Å². The van der Waals surface area contributed by atoms with Gasteiger partial charge in [0.05, 0.1) is 10.5 Å². The Kier molecular flexibility index (Phi) is 6.49. The molecule has 152 valence electrons. The maximum absolute atomic E-state index is 12.2. The average Bonchev–Trinajstić information content (AvgIpc) is 2.66. The fourth-order valence-corrected chi connectivity index (χ4v) is 2.00. The molecule has 12 heteroatoms. The molecule has 2 aromatic rings. The molecule has 0 fully saturated rings. The number of anilines is 2. The van der Waals surface area contributed by atoms with Crippen LogP contribution < -0.4 is 10.6 Å². The summed E-state index contributed by atoms with van der Waals surface area (Å²) in [4.78, 5) is 44.5. The summed E-state index contributed by atoms with van der Waals surface area (Å²) in [6.07, 6.45) is -5.05.